The minimum atomic E-state index is -4.34. The molecule has 20 heavy (non-hydrogen) atoms. The Hall–Kier alpha value is -1.36. The van der Waals surface area contributed by atoms with Crippen LogP contribution in [0.4, 0.5) is 13.2 Å². The molecule has 0 saturated carbocycles. The number of halogens is 3. The summed E-state index contributed by atoms with van der Waals surface area (Å²) in [6.45, 7) is 0. The van der Waals surface area contributed by atoms with E-state index >= 15 is 0 Å². The zero-order valence-electron chi connectivity index (χ0n) is 11.5. The summed E-state index contributed by atoms with van der Waals surface area (Å²) < 4.78 is 39.2. The molecule has 5 heteroatoms. The van der Waals surface area contributed by atoms with Gasteiger partial charge in [-0.1, -0.05) is 11.6 Å². The van der Waals surface area contributed by atoms with Crippen molar-refractivity contribution in [1.82, 2.24) is 10.3 Å². The van der Waals surface area contributed by atoms with Crippen LogP contribution in [0.15, 0.2) is 30.1 Å². The third-order valence-electron chi connectivity index (χ3n) is 3.73. The molecule has 1 atom stereocenters. The van der Waals surface area contributed by atoms with E-state index in [-0.39, 0.29) is 11.6 Å². The fourth-order valence-electron chi connectivity index (χ4n) is 2.66. The Labute approximate surface area is 117 Å². The van der Waals surface area contributed by atoms with E-state index in [0.717, 1.165) is 25.3 Å². The van der Waals surface area contributed by atoms with E-state index in [1.54, 1.807) is 7.05 Å². The smallest absolute Gasteiger partial charge is 0.313 e. The first-order chi connectivity index (χ1) is 9.52. The van der Waals surface area contributed by atoms with Gasteiger partial charge in [0, 0.05) is 18.4 Å². The number of pyridine rings is 1. The molecule has 1 aromatic rings. The van der Waals surface area contributed by atoms with Crippen molar-refractivity contribution in [2.75, 3.05) is 7.05 Å². The summed E-state index contributed by atoms with van der Waals surface area (Å²) >= 11 is 0. The van der Waals surface area contributed by atoms with Crippen LogP contribution >= 0.6 is 0 Å². The molecule has 1 unspecified atom stereocenters. The van der Waals surface area contributed by atoms with Crippen LogP contribution in [-0.2, 0) is 6.18 Å². The normalized spacial score (nSPS) is 17.7. The Morgan fingerprint density at radius 3 is 2.75 bits per heavy atom. The third-order valence-corrected chi connectivity index (χ3v) is 3.73. The van der Waals surface area contributed by atoms with Crippen LogP contribution in [0, 0.1) is 0 Å². The molecule has 0 aromatic carbocycles. The van der Waals surface area contributed by atoms with Crippen molar-refractivity contribution in [3.05, 3.63) is 41.2 Å². The predicted octanol–water partition coefficient (Wildman–Crippen LogP) is 4.25. The maximum atomic E-state index is 13.1. The molecule has 2 rings (SSSR count). The average molecular weight is 284 g/mol. The molecule has 0 aliphatic heterocycles. The highest BCUT2D eigenvalue weighted by Gasteiger charge is 2.35. The quantitative estimate of drug-likeness (QED) is 0.836. The third kappa shape index (κ3) is 3.60. The van der Waals surface area contributed by atoms with E-state index in [1.165, 1.54) is 24.4 Å². The monoisotopic (exact) mass is 284 g/mol. The second-order valence-electron chi connectivity index (χ2n) is 5.11. The van der Waals surface area contributed by atoms with Gasteiger partial charge < -0.3 is 5.32 Å². The molecule has 110 valence electrons. The molecule has 1 aliphatic rings. The lowest BCUT2D eigenvalue weighted by Gasteiger charge is -2.23. The molecule has 0 fully saturated rings. The van der Waals surface area contributed by atoms with Gasteiger partial charge in [-0.05, 0) is 50.8 Å². The molecule has 0 amide bonds. The second kappa shape index (κ2) is 6.39. The lowest BCUT2D eigenvalue weighted by molar-refractivity contribution is -0.138. The van der Waals surface area contributed by atoms with E-state index < -0.39 is 11.7 Å². The first kappa shape index (κ1) is 15.0. The van der Waals surface area contributed by atoms with Gasteiger partial charge in [0.05, 0.1) is 5.56 Å². The number of allylic oxidation sites excluding steroid dienone is 1. The number of aromatic nitrogens is 1. The van der Waals surface area contributed by atoms with Crippen molar-refractivity contribution in [1.29, 1.82) is 0 Å². The van der Waals surface area contributed by atoms with Gasteiger partial charge in [0.25, 0.3) is 0 Å². The summed E-state index contributed by atoms with van der Waals surface area (Å²) in [5.41, 5.74) is 0.879. The van der Waals surface area contributed by atoms with Crippen molar-refractivity contribution in [3.63, 3.8) is 0 Å². The topological polar surface area (TPSA) is 24.9 Å². The molecule has 0 saturated heterocycles. The molecule has 0 radical (unpaired) electrons. The van der Waals surface area contributed by atoms with Gasteiger partial charge in [-0.3, -0.25) is 4.98 Å². The van der Waals surface area contributed by atoms with E-state index in [2.05, 4.69) is 16.4 Å². The maximum absolute atomic E-state index is 13.1. The van der Waals surface area contributed by atoms with Gasteiger partial charge >= 0.3 is 6.18 Å². The number of nitrogens with zero attached hydrogens (tertiary/aromatic N) is 1. The SMILES string of the molecule is CNC(CC1=CCCCC1)c1cnccc1C(F)(F)F. The van der Waals surface area contributed by atoms with Gasteiger partial charge in [-0.2, -0.15) is 13.2 Å². The van der Waals surface area contributed by atoms with Gasteiger partial charge in [-0.15, -0.1) is 0 Å². The zero-order valence-corrected chi connectivity index (χ0v) is 11.5. The summed E-state index contributed by atoms with van der Waals surface area (Å²) in [5, 5.41) is 3.00. The number of hydrogen-bond acceptors (Lipinski definition) is 2. The highest BCUT2D eigenvalue weighted by atomic mass is 19.4. The standard InChI is InChI=1S/C15H19F3N2/c1-19-14(9-11-5-3-2-4-6-11)12-10-20-8-7-13(12)15(16,17)18/h5,7-8,10,14,19H,2-4,6,9H2,1H3. The van der Waals surface area contributed by atoms with Gasteiger partial charge in [0.2, 0.25) is 0 Å². The number of rotatable bonds is 4. The Morgan fingerprint density at radius 2 is 2.15 bits per heavy atom. The minimum Gasteiger partial charge on any atom is -0.313 e. The lowest BCUT2D eigenvalue weighted by Crippen LogP contribution is -2.22. The van der Waals surface area contributed by atoms with E-state index in [4.69, 9.17) is 0 Å². The number of hydrogen-bond donors (Lipinski definition) is 1. The molecule has 0 spiro atoms. The van der Waals surface area contributed by atoms with Gasteiger partial charge in [0.15, 0.2) is 0 Å². The molecule has 2 nitrogen and oxygen atoms in total. The summed E-state index contributed by atoms with van der Waals surface area (Å²) in [5.74, 6) is 0. The maximum Gasteiger partial charge on any atom is 0.416 e. The van der Waals surface area contributed by atoms with Crippen LogP contribution in [0.1, 0.15) is 49.3 Å². The summed E-state index contributed by atoms with van der Waals surface area (Å²) in [7, 11) is 1.70. The van der Waals surface area contributed by atoms with Gasteiger partial charge in [0.1, 0.15) is 0 Å². The van der Waals surface area contributed by atoms with Crippen LogP contribution in [0.2, 0.25) is 0 Å². The molecule has 1 aliphatic carbocycles. The summed E-state index contributed by atoms with van der Waals surface area (Å²) in [6, 6.07) is 0.708. The van der Waals surface area contributed by atoms with Gasteiger partial charge in [-0.25, -0.2) is 0 Å². The minimum absolute atomic E-state index is 0.231. The molecule has 1 aromatic heterocycles. The Kier molecular flexibility index (Phi) is 4.81. The lowest BCUT2D eigenvalue weighted by atomic mass is 9.90. The first-order valence-corrected chi connectivity index (χ1v) is 6.88. The molecular weight excluding hydrogens is 265 g/mol. The van der Waals surface area contributed by atoms with Crippen LogP contribution in [0.5, 0.6) is 0 Å². The van der Waals surface area contributed by atoms with Crippen LogP contribution in [0.25, 0.3) is 0 Å². The van der Waals surface area contributed by atoms with E-state index in [9.17, 15) is 13.2 Å². The number of nitrogens with one attached hydrogen (secondary N) is 1. The Morgan fingerprint density at radius 1 is 1.35 bits per heavy atom. The second-order valence-corrected chi connectivity index (χ2v) is 5.11. The van der Waals surface area contributed by atoms with Crippen molar-refractivity contribution in [3.8, 4) is 0 Å². The number of alkyl halides is 3. The fraction of sp³-hybridized carbons (Fsp3) is 0.533. The van der Waals surface area contributed by atoms with Crippen molar-refractivity contribution < 1.29 is 13.2 Å². The van der Waals surface area contributed by atoms with Crippen molar-refractivity contribution in [2.45, 2.75) is 44.3 Å². The average Bonchev–Trinajstić information content (AvgIpc) is 2.45. The van der Waals surface area contributed by atoms with Crippen LogP contribution in [-0.4, -0.2) is 12.0 Å². The first-order valence-electron chi connectivity index (χ1n) is 6.88. The van der Waals surface area contributed by atoms with Crippen LogP contribution < -0.4 is 5.32 Å². The van der Waals surface area contributed by atoms with Crippen molar-refractivity contribution >= 4 is 0 Å². The highest BCUT2D eigenvalue weighted by molar-refractivity contribution is 5.30. The molecule has 0 bridgehead atoms. The predicted molar refractivity (Wildman–Crippen MR) is 72.2 cm³/mol. The fourth-order valence-corrected chi connectivity index (χ4v) is 2.66. The van der Waals surface area contributed by atoms with Crippen molar-refractivity contribution in [2.24, 2.45) is 0 Å². The molecule has 1 N–H and O–H groups in total. The van der Waals surface area contributed by atoms with E-state index in [1.807, 2.05) is 0 Å². The molecule has 1 heterocycles. The Balaban J connectivity index is 2.25. The largest absolute Gasteiger partial charge is 0.416 e. The Bertz CT molecular complexity index is 480. The highest BCUT2D eigenvalue weighted by Crippen LogP contribution is 2.36. The van der Waals surface area contributed by atoms with E-state index in [0.29, 0.717) is 6.42 Å². The summed E-state index contributed by atoms with van der Waals surface area (Å²) in [4.78, 5) is 3.86. The molecular formula is C15H19F3N2. The summed E-state index contributed by atoms with van der Waals surface area (Å²) in [6.07, 6.45) is 5.28. The van der Waals surface area contributed by atoms with Crippen LogP contribution in [0.3, 0.4) is 0 Å². The zero-order chi connectivity index (χ0) is 14.6.